The maximum absolute atomic E-state index is 12.6. The van der Waals surface area contributed by atoms with E-state index in [4.69, 9.17) is 0 Å². The van der Waals surface area contributed by atoms with Crippen molar-refractivity contribution in [1.29, 1.82) is 0 Å². The number of carbonyl (C=O) groups excluding carboxylic acids is 1. The van der Waals surface area contributed by atoms with E-state index in [2.05, 4.69) is 43.5 Å². The van der Waals surface area contributed by atoms with Crippen molar-refractivity contribution in [3.8, 4) is 0 Å². The third kappa shape index (κ3) is 49.6. The quantitative estimate of drug-likeness (QED) is 0.0308. The lowest BCUT2D eigenvalue weighted by Crippen LogP contribution is -2.53. The van der Waals surface area contributed by atoms with Gasteiger partial charge in [0.05, 0.1) is 18.8 Å². The molecular formula is C61H119NO5. The van der Waals surface area contributed by atoms with E-state index in [0.717, 1.165) is 38.5 Å². The number of nitrogens with one attached hydrogen (secondary N) is 1. The van der Waals surface area contributed by atoms with Crippen molar-refractivity contribution in [2.45, 2.75) is 353 Å². The SMILES string of the molecule is CCCCCCCCCCCCCC/C=C\CCCCCCCCCCCCCCC(O)C(=O)NC(CO)C(O)C(O)CCC/C=C/CCCCCCCCCCCCCCCCCCCC. The van der Waals surface area contributed by atoms with Gasteiger partial charge >= 0.3 is 0 Å². The molecule has 0 aromatic rings. The first kappa shape index (κ1) is 65.8. The Balaban J connectivity index is 3.62. The van der Waals surface area contributed by atoms with Gasteiger partial charge in [-0.1, -0.05) is 289 Å². The van der Waals surface area contributed by atoms with Crippen LogP contribution in [0.1, 0.15) is 328 Å². The van der Waals surface area contributed by atoms with Crippen LogP contribution in [0.15, 0.2) is 24.3 Å². The second kappa shape index (κ2) is 55.7. The van der Waals surface area contributed by atoms with Gasteiger partial charge in [-0.05, 0) is 64.2 Å². The second-order valence-corrected chi connectivity index (χ2v) is 21.0. The van der Waals surface area contributed by atoms with Gasteiger partial charge in [-0.2, -0.15) is 0 Å². The Labute approximate surface area is 418 Å². The Morgan fingerprint density at radius 3 is 0.896 bits per heavy atom. The highest BCUT2D eigenvalue weighted by atomic mass is 16.3. The fourth-order valence-electron chi connectivity index (χ4n) is 9.64. The van der Waals surface area contributed by atoms with E-state index in [1.54, 1.807) is 0 Å². The summed E-state index contributed by atoms with van der Waals surface area (Å²) in [5.41, 5.74) is 0. The molecule has 0 radical (unpaired) electrons. The van der Waals surface area contributed by atoms with Crippen LogP contribution in [0, 0.1) is 0 Å². The van der Waals surface area contributed by atoms with Crippen molar-refractivity contribution in [1.82, 2.24) is 5.32 Å². The van der Waals surface area contributed by atoms with Gasteiger partial charge in [0.15, 0.2) is 0 Å². The molecule has 67 heavy (non-hydrogen) atoms. The molecule has 5 N–H and O–H groups in total. The van der Waals surface area contributed by atoms with Crippen molar-refractivity contribution in [2.24, 2.45) is 0 Å². The standard InChI is InChI=1S/C61H119NO5/c1-3-5-7-9-11-13-15-17-19-21-23-25-27-28-29-30-31-33-35-37-39-41-43-45-47-49-51-53-55-59(65)61(67)62-57(56-63)60(66)58(64)54-52-50-48-46-44-42-40-38-36-34-32-26-24-22-20-18-16-14-12-10-8-6-4-2/h28-29,46,48,57-60,63-66H,3-27,30-45,47,49-56H2,1-2H3,(H,62,67)/b29-28-,48-46+. The minimum atomic E-state index is -1.28. The van der Waals surface area contributed by atoms with E-state index in [1.165, 1.54) is 263 Å². The average molecular weight is 947 g/mol. The molecule has 0 bridgehead atoms. The maximum Gasteiger partial charge on any atom is 0.249 e. The molecule has 1 amide bonds. The number of hydrogen-bond donors (Lipinski definition) is 5. The summed E-state index contributed by atoms with van der Waals surface area (Å²) in [6.45, 7) is 4.09. The molecule has 0 rings (SSSR count). The number of hydrogen-bond acceptors (Lipinski definition) is 5. The summed E-state index contributed by atoms with van der Waals surface area (Å²) in [7, 11) is 0. The van der Waals surface area contributed by atoms with Gasteiger partial charge < -0.3 is 25.7 Å². The van der Waals surface area contributed by atoms with Crippen LogP contribution >= 0.6 is 0 Å². The molecule has 0 aliphatic heterocycles. The number of carbonyl (C=O) groups is 1. The van der Waals surface area contributed by atoms with E-state index in [1.807, 2.05) is 0 Å². The van der Waals surface area contributed by atoms with E-state index in [-0.39, 0.29) is 0 Å². The Morgan fingerprint density at radius 2 is 0.612 bits per heavy atom. The Bertz CT molecular complexity index is 1020. The minimum Gasteiger partial charge on any atom is -0.394 e. The number of unbranched alkanes of at least 4 members (excludes halogenated alkanes) is 43. The van der Waals surface area contributed by atoms with E-state index in [9.17, 15) is 25.2 Å². The van der Waals surface area contributed by atoms with Gasteiger partial charge in [-0.15, -0.1) is 0 Å². The number of rotatable bonds is 56. The zero-order chi connectivity index (χ0) is 48.8. The van der Waals surface area contributed by atoms with Gasteiger partial charge in [0.1, 0.15) is 12.2 Å². The molecule has 0 aliphatic rings. The fourth-order valence-corrected chi connectivity index (χ4v) is 9.64. The Hall–Kier alpha value is -1.21. The Kier molecular flexibility index (Phi) is 54.7. The van der Waals surface area contributed by atoms with Gasteiger partial charge in [0, 0.05) is 0 Å². The van der Waals surface area contributed by atoms with Crippen molar-refractivity contribution >= 4 is 5.91 Å². The van der Waals surface area contributed by atoms with E-state index >= 15 is 0 Å². The number of amides is 1. The summed E-state index contributed by atoms with van der Waals surface area (Å²) in [5, 5.41) is 44.0. The van der Waals surface area contributed by atoms with Gasteiger partial charge in [0.25, 0.3) is 0 Å². The molecule has 398 valence electrons. The molecule has 0 aromatic heterocycles. The Morgan fingerprint density at radius 1 is 0.358 bits per heavy atom. The molecular weight excluding hydrogens is 827 g/mol. The van der Waals surface area contributed by atoms with E-state index in [0.29, 0.717) is 12.8 Å². The van der Waals surface area contributed by atoms with Crippen LogP contribution < -0.4 is 5.32 Å². The molecule has 0 saturated heterocycles. The molecule has 6 heteroatoms. The van der Waals surface area contributed by atoms with Crippen LogP contribution in [0.25, 0.3) is 0 Å². The van der Waals surface area contributed by atoms with Crippen LogP contribution in [0.3, 0.4) is 0 Å². The number of aliphatic hydroxyl groups is 4. The van der Waals surface area contributed by atoms with Crippen molar-refractivity contribution in [2.75, 3.05) is 6.61 Å². The zero-order valence-electron chi connectivity index (χ0n) is 45.2. The first-order chi connectivity index (χ1) is 33.0. The van der Waals surface area contributed by atoms with Crippen molar-refractivity contribution in [3.05, 3.63) is 24.3 Å². The van der Waals surface area contributed by atoms with Crippen LogP contribution in [-0.4, -0.2) is 57.3 Å². The molecule has 4 atom stereocenters. The lowest BCUT2D eigenvalue weighted by molar-refractivity contribution is -0.132. The zero-order valence-corrected chi connectivity index (χ0v) is 45.2. The first-order valence-electron chi connectivity index (χ1n) is 30.2. The molecule has 0 fully saturated rings. The molecule has 0 heterocycles. The highest BCUT2D eigenvalue weighted by Crippen LogP contribution is 2.18. The molecule has 0 aromatic carbocycles. The largest absolute Gasteiger partial charge is 0.394 e. The van der Waals surface area contributed by atoms with Crippen molar-refractivity contribution in [3.63, 3.8) is 0 Å². The second-order valence-electron chi connectivity index (χ2n) is 21.0. The van der Waals surface area contributed by atoms with Crippen LogP contribution in [0.2, 0.25) is 0 Å². The third-order valence-corrected chi connectivity index (χ3v) is 14.4. The van der Waals surface area contributed by atoms with E-state index < -0.39 is 36.9 Å². The smallest absolute Gasteiger partial charge is 0.249 e. The maximum atomic E-state index is 12.6. The average Bonchev–Trinajstić information content (AvgIpc) is 3.33. The topological polar surface area (TPSA) is 110 Å². The summed E-state index contributed by atoms with van der Waals surface area (Å²) in [6.07, 6.45) is 68.4. The minimum absolute atomic E-state index is 0.365. The highest BCUT2D eigenvalue weighted by Gasteiger charge is 2.28. The van der Waals surface area contributed by atoms with Gasteiger partial charge in [-0.25, -0.2) is 0 Å². The van der Waals surface area contributed by atoms with Crippen LogP contribution in [0.4, 0.5) is 0 Å². The normalized spacial score (nSPS) is 13.8. The fraction of sp³-hybridized carbons (Fsp3) is 0.918. The van der Waals surface area contributed by atoms with Gasteiger partial charge in [0.2, 0.25) is 5.91 Å². The monoisotopic (exact) mass is 946 g/mol. The summed E-state index contributed by atoms with van der Waals surface area (Å²) in [4.78, 5) is 12.6. The summed E-state index contributed by atoms with van der Waals surface area (Å²) in [5.74, 6) is -0.589. The van der Waals surface area contributed by atoms with Crippen LogP contribution in [0.5, 0.6) is 0 Å². The highest BCUT2D eigenvalue weighted by molar-refractivity contribution is 5.80. The summed E-state index contributed by atoms with van der Waals surface area (Å²) in [6, 6.07) is -1.00. The lowest BCUT2D eigenvalue weighted by atomic mass is 10.00. The first-order valence-corrected chi connectivity index (χ1v) is 30.2. The molecule has 0 spiro atoms. The summed E-state index contributed by atoms with van der Waals surface area (Å²) >= 11 is 0. The summed E-state index contributed by atoms with van der Waals surface area (Å²) < 4.78 is 0. The number of allylic oxidation sites excluding steroid dienone is 4. The predicted octanol–water partition coefficient (Wildman–Crippen LogP) is 17.8. The lowest BCUT2D eigenvalue weighted by Gasteiger charge is -2.27. The van der Waals surface area contributed by atoms with Crippen LogP contribution in [-0.2, 0) is 4.79 Å². The number of aliphatic hydroxyl groups excluding tert-OH is 4. The molecule has 4 unspecified atom stereocenters. The third-order valence-electron chi connectivity index (χ3n) is 14.4. The van der Waals surface area contributed by atoms with Gasteiger partial charge in [-0.3, -0.25) is 4.79 Å². The molecule has 0 aliphatic carbocycles. The molecule has 0 saturated carbocycles. The molecule has 6 nitrogen and oxygen atoms in total. The predicted molar refractivity (Wildman–Crippen MR) is 293 cm³/mol. The van der Waals surface area contributed by atoms with Crippen molar-refractivity contribution < 1.29 is 25.2 Å².